The Morgan fingerprint density at radius 3 is 2.85 bits per heavy atom. The van der Waals surface area contributed by atoms with Crippen LogP contribution in [0.25, 0.3) is 0 Å². The van der Waals surface area contributed by atoms with Crippen molar-refractivity contribution < 1.29 is 19.2 Å². The Morgan fingerprint density at radius 2 is 2.15 bits per heavy atom. The number of ether oxygens (including phenoxy) is 1. The summed E-state index contributed by atoms with van der Waals surface area (Å²) in [6.45, 7) is 1.82. The molecule has 2 aliphatic rings. The predicted molar refractivity (Wildman–Crippen MR) is 94.5 cm³/mol. The number of aromatic nitrogens is 2. The van der Waals surface area contributed by atoms with E-state index in [2.05, 4.69) is 4.98 Å². The van der Waals surface area contributed by atoms with Crippen molar-refractivity contribution >= 4 is 29.5 Å². The van der Waals surface area contributed by atoms with E-state index in [0.29, 0.717) is 17.5 Å². The average Bonchev–Trinajstić information content (AvgIpc) is 3.35. The van der Waals surface area contributed by atoms with Crippen molar-refractivity contribution in [3.8, 4) is 0 Å². The van der Waals surface area contributed by atoms with E-state index in [1.165, 1.54) is 10.8 Å². The Morgan fingerprint density at radius 1 is 1.42 bits per heavy atom. The minimum atomic E-state index is -0.563. The van der Waals surface area contributed by atoms with Gasteiger partial charge in [0.2, 0.25) is 5.91 Å². The van der Waals surface area contributed by atoms with Gasteiger partial charge < -0.3 is 19.8 Å². The van der Waals surface area contributed by atoms with Gasteiger partial charge in [-0.15, -0.1) is 11.8 Å². The molecule has 1 aromatic heterocycles. The minimum Gasteiger partial charge on any atom is -0.460 e. The summed E-state index contributed by atoms with van der Waals surface area (Å²) in [6, 6.07) is -0.563. The molecule has 3 rings (SSSR count). The monoisotopic (exact) mass is 382 g/mol. The van der Waals surface area contributed by atoms with Crippen LogP contribution < -0.4 is 0 Å². The van der Waals surface area contributed by atoms with Crippen LogP contribution in [0, 0.1) is 23.0 Å². The molecule has 1 aromatic rings. The van der Waals surface area contributed by atoms with Crippen LogP contribution in [-0.4, -0.2) is 55.5 Å². The summed E-state index contributed by atoms with van der Waals surface area (Å²) in [5.41, 5.74) is 0. The molecular formula is C16H22N4O5S. The van der Waals surface area contributed by atoms with E-state index in [4.69, 9.17) is 4.74 Å². The lowest BCUT2D eigenvalue weighted by Gasteiger charge is -2.25. The maximum atomic E-state index is 12.6. The molecule has 9 nitrogen and oxygen atoms in total. The third-order valence-corrected chi connectivity index (χ3v) is 5.93. The Bertz CT molecular complexity index is 701. The first-order valence-electron chi connectivity index (χ1n) is 8.70. The number of hydrogen-bond acceptors (Lipinski definition) is 7. The van der Waals surface area contributed by atoms with Gasteiger partial charge in [0.05, 0.1) is 5.88 Å². The number of nitro groups is 1. The Kier molecular flexibility index (Phi) is 5.80. The third-order valence-electron chi connectivity index (χ3n) is 4.92. The van der Waals surface area contributed by atoms with Crippen LogP contribution in [-0.2, 0) is 20.9 Å². The highest BCUT2D eigenvalue weighted by atomic mass is 32.2. The van der Waals surface area contributed by atoms with Gasteiger partial charge >= 0.3 is 11.8 Å². The van der Waals surface area contributed by atoms with E-state index in [0.717, 1.165) is 25.7 Å². The fraction of sp³-hybridized carbons (Fsp3) is 0.688. The first-order chi connectivity index (χ1) is 12.5. The van der Waals surface area contributed by atoms with E-state index in [9.17, 15) is 19.7 Å². The fourth-order valence-electron chi connectivity index (χ4n) is 3.47. The SMILES string of the molecule is Cc1ncc([N+](=O)[O-])n1CCOC(=O)[C@H]1CSCN1C(=O)C1CCCC1. The van der Waals surface area contributed by atoms with Crippen LogP contribution in [0.2, 0.25) is 0 Å². The van der Waals surface area contributed by atoms with Gasteiger partial charge in [0.15, 0.2) is 5.82 Å². The molecule has 1 saturated carbocycles. The average molecular weight is 382 g/mol. The summed E-state index contributed by atoms with van der Waals surface area (Å²) < 4.78 is 6.72. The van der Waals surface area contributed by atoms with Crippen molar-refractivity contribution in [2.75, 3.05) is 18.2 Å². The van der Waals surface area contributed by atoms with Crippen molar-refractivity contribution in [3.63, 3.8) is 0 Å². The molecule has 0 spiro atoms. The summed E-state index contributed by atoms with van der Waals surface area (Å²) >= 11 is 1.55. The van der Waals surface area contributed by atoms with Gasteiger partial charge in [0.25, 0.3) is 0 Å². The number of esters is 1. The number of nitrogens with zero attached hydrogens (tertiary/aromatic N) is 4. The molecule has 2 heterocycles. The summed E-state index contributed by atoms with van der Waals surface area (Å²) in [5, 5.41) is 11.0. The molecule has 1 aliphatic heterocycles. The smallest absolute Gasteiger partial charge is 0.342 e. The number of imidazole rings is 1. The first kappa shape index (κ1) is 18.7. The van der Waals surface area contributed by atoms with E-state index >= 15 is 0 Å². The van der Waals surface area contributed by atoms with Crippen LogP contribution >= 0.6 is 11.8 Å². The van der Waals surface area contributed by atoms with E-state index in [1.807, 2.05) is 0 Å². The summed E-state index contributed by atoms with van der Waals surface area (Å²) in [5.74, 6) is 1.04. The zero-order valence-electron chi connectivity index (χ0n) is 14.6. The Hall–Kier alpha value is -2.10. The van der Waals surface area contributed by atoms with Gasteiger partial charge in [-0.2, -0.15) is 0 Å². The number of aryl methyl sites for hydroxylation is 1. The molecule has 0 radical (unpaired) electrons. The summed E-state index contributed by atoms with van der Waals surface area (Å²) in [4.78, 5) is 41.0. The lowest BCUT2D eigenvalue weighted by molar-refractivity contribution is -0.392. The van der Waals surface area contributed by atoms with Crippen molar-refractivity contribution in [3.05, 3.63) is 22.1 Å². The maximum absolute atomic E-state index is 12.6. The van der Waals surface area contributed by atoms with Gasteiger partial charge in [-0.25, -0.2) is 14.3 Å². The standard InChI is InChI=1S/C16H22N4O5S/c1-11-17-8-14(20(23)24)18(11)6-7-25-16(22)13-9-26-10-19(13)15(21)12-4-2-3-5-12/h8,12-13H,2-7,9-10H2,1H3/t13-/m1/s1. The quantitative estimate of drug-likeness (QED) is 0.419. The molecular weight excluding hydrogens is 360 g/mol. The maximum Gasteiger partial charge on any atom is 0.342 e. The molecule has 1 atom stereocenters. The number of carbonyl (C=O) groups excluding carboxylic acids is 2. The van der Waals surface area contributed by atoms with Crippen LogP contribution in [0.4, 0.5) is 5.82 Å². The lowest BCUT2D eigenvalue weighted by Crippen LogP contribution is -2.45. The van der Waals surface area contributed by atoms with Gasteiger partial charge in [0, 0.05) is 18.6 Å². The summed E-state index contributed by atoms with van der Waals surface area (Å²) in [6.07, 6.45) is 5.11. The molecule has 0 aromatic carbocycles. The normalized spacial score (nSPS) is 20.5. The number of carbonyl (C=O) groups is 2. The molecule has 26 heavy (non-hydrogen) atoms. The fourth-order valence-corrected chi connectivity index (χ4v) is 4.62. The van der Waals surface area contributed by atoms with Crippen molar-refractivity contribution in [2.45, 2.75) is 45.2 Å². The van der Waals surface area contributed by atoms with Crippen LogP contribution in [0.15, 0.2) is 6.20 Å². The second-order valence-electron chi connectivity index (χ2n) is 6.54. The minimum absolute atomic E-state index is 0.00347. The topological polar surface area (TPSA) is 108 Å². The zero-order valence-corrected chi connectivity index (χ0v) is 15.4. The molecule has 2 fully saturated rings. The van der Waals surface area contributed by atoms with Crippen molar-refractivity contribution in [1.29, 1.82) is 0 Å². The largest absolute Gasteiger partial charge is 0.460 e. The van der Waals surface area contributed by atoms with Crippen LogP contribution in [0.1, 0.15) is 31.5 Å². The number of amides is 1. The molecule has 0 bridgehead atoms. The number of rotatable bonds is 6. The molecule has 1 aliphatic carbocycles. The van der Waals surface area contributed by atoms with Gasteiger partial charge in [-0.1, -0.05) is 12.8 Å². The predicted octanol–water partition coefficient (Wildman–Crippen LogP) is 1.73. The second kappa shape index (κ2) is 8.07. The highest BCUT2D eigenvalue weighted by molar-refractivity contribution is 7.99. The number of thioether (sulfide) groups is 1. The van der Waals surface area contributed by atoms with Gasteiger partial charge in [0.1, 0.15) is 25.4 Å². The van der Waals surface area contributed by atoms with Crippen LogP contribution in [0.5, 0.6) is 0 Å². The van der Waals surface area contributed by atoms with Crippen molar-refractivity contribution in [2.24, 2.45) is 5.92 Å². The van der Waals surface area contributed by atoms with Gasteiger partial charge in [-0.3, -0.25) is 4.79 Å². The molecule has 1 amide bonds. The third kappa shape index (κ3) is 3.84. The van der Waals surface area contributed by atoms with E-state index in [1.54, 1.807) is 23.6 Å². The second-order valence-corrected chi connectivity index (χ2v) is 7.54. The Balaban J connectivity index is 1.55. The van der Waals surface area contributed by atoms with Gasteiger partial charge in [-0.05, 0) is 17.8 Å². The Labute approximate surface area is 155 Å². The molecule has 10 heteroatoms. The highest BCUT2D eigenvalue weighted by Crippen LogP contribution is 2.31. The van der Waals surface area contributed by atoms with Crippen LogP contribution in [0.3, 0.4) is 0 Å². The van der Waals surface area contributed by atoms with Crippen molar-refractivity contribution in [1.82, 2.24) is 14.5 Å². The number of hydrogen-bond donors (Lipinski definition) is 0. The molecule has 142 valence electrons. The summed E-state index contributed by atoms with van der Waals surface area (Å²) in [7, 11) is 0. The molecule has 0 unspecified atom stereocenters. The lowest BCUT2D eigenvalue weighted by atomic mass is 10.1. The molecule has 0 N–H and O–H groups in total. The van der Waals surface area contributed by atoms with E-state index < -0.39 is 16.9 Å². The zero-order chi connectivity index (χ0) is 18.7. The van der Waals surface area contributed by atoms with E-state index in [-0.39, 0.29) is 30.8 Å². The first-order valence-corrected chi connectivity index (χ1v) is 9.86. The molecule has 1 saturated heterocycles. The highest BCUT2D eigenvalue weighted by Gasteiger charge is 2.39.